The number of para-hydroxylation sites is 1. The average molecular weight is 429 g/mol. The Bertz CT molecular complexity index is 744. The topological polar surface area (TPSA) is 19.7 Å². The first-order chi connectivity index (χ1) is 9.53. The van der Waals surface area contributed by atoms with E-state index in [2.05, 4.69) is 73.4 Å². The van der Waals surface area contributed by atoms with E-state index in [9.17, 15) is 0 Å². The van der Waals surface area contributed by atoms with Crippen molar-refractivity contribution in [1.29, 1.82) is 0 Å². The summed E-state index contributed by atoms with van der Waals surface area (Å²) in [4.78, 5) is 3.50. The third-order valence-corrected chi connectivity index (χ3v) is 3.75. The maximum Gasteiger partial charge on any atom is 0.193 e. The van der Waals surface area contributed by atoms with Gasteiger partial charge in [0.25, 0.3) is 0 Å². The number of fused-ring (bicyclic) bond motifs is 3. The van der Waals surface area contributed by atoms with E-state index < -0.39 is 0 Å². The number of hydrogen-bond donors (Lipinski definition) is 1. The highest BCUT2D eigenvalue weighted by Gasteiger charge is 2.11. The second-order valence-electron chi connectivity index (χ2n) is 6.55. The van der Waals surface area contributed by atoms with Gasteiger partial charge in [-0.2, -0.15) is 0 Å². The third kappa shape index (κ3) is 4.31. The van der Waals surface area contributed by atoms with Gasteiger partial charge < -0.3 is 43.4 Å². The molecule has 0 aliphatic rings. The van der Waals surface area contributed by atoms with Crippen LogP contribution in [0.4, 0.5) is 0 Å². The summed E-state index contributed by atoms with van der Waals surface area (Å²) in [6.45, 7) is 2.26. The minimum absolute atomic E-state index is 0. The van der Waals surface area contributed by atoms with E-state index in [-0.39, 0.29) is 34.0 Å². The zero-order valence-electron chi connectivity index (χ0n) is 13.3. The first-order valence-electron chi connectivity index (χ1n) is 7.23. The van der Waals surface area contributed by atoms with Crippen LogP contribution in [0.15, 0.2) is 42.7 Å². The Morgan fingerprint density at radius 1 is 0.955 bits per heavy atom. The summed E-state index contributed by atoms with van der Waals surface area (Å²) >= 11 is 0. The van der Waals surface area contributed by atoms with E-state index in [0.29, 0.717) is 0 Å². The quantitative estimate of drug-likeness (QED) is 0.332. The average Bonchev–Trinajstić information content (AvgIpc) is 2.74. The van der Waals surface area contributed by atoms with Gasteiger partial charge >= 0.3 is 0 Å². The largest absolute Gasteiger partial charge is 1.00 e. The lowest BCUT2D eigenvalue weighted by molar-refractivity contribution is -0.873. The monoisotopic (exact) mass is 427 g/mol. The first-order valence-corrected chi connectivity index (χ1v) is 7.23. The fourth-order valence-corrected chi connectivity index (χ4v) is 2.71. The van der Waals surface area contributed by atoms with Crippen molar-refractivity contribution in [2.45, 2.75) is 13.0 Å². The van der Waals surface area contributed by atoms with Crippen LogP contribution in [0, 0.1) is 0 Å². The molecule has 3 aromatic rings. The standard InChI is InChI=1S/C17H22N3.2BrH/c1-20(2,3)12-6-10-19-11-9-15-14-7-4-5-8-16(14)18-17(15)13-19;;/h4-5,7-9,11,13H,6,10,12H2,1-3H3;2*1H/q+1;;/p-1. The smallest absolute Gasteiger partial charge is 0.193 e. The summed E-state index contributed by atoms with van der Waals surface area (Å²) in [5.74, 6) is 0. The molecule has 0 saturated heterocycles. The molecule has 0 aliphatic heterocycles. The number of rotatable bonds is 4. The Kier molecular flexibility index (Phi) is 6.59. The molecule has 3 rings (SSSR count). The summed E-state index contributed by atoms with van der Waals surface area (Å²) in [6.07, 6.45) is 5.61. The number of aromatic amines is 1. The number of hydrogen-bond acceptors (Lipinski definition) is 0. The molecule has 120 valence electrons. The van der Waals surface area contributed by atoms with Crippen molar-refractivity contribution >= 4 is 21.8 Å². The van der Waals surface area contributed by atoms with Crippen molar-refractivity contribution in [2.24, 2.45) is 0 Å². The van der Waals surface area contributed by atoms with Gasteiger partial charge in [-0.3, -0.25) is 0 Å². The Hall–Kier alpha value is -0.910. The molecule has 0 unspecified atom stereocenters. The molecule has 0 aliphatic carbocycles. The molecule has 1 N–H and O–H groups in total. The minimum atomic E-state index is 0. The van der Waals surface area contributed by atoms with Gasteiger partial charge in [0, 0.05) is 22.4 Å². The first kappa shape index (κ1) is 19.1. The summed E-state index contributed by atoms with van der Waals surface area (Å²) in [5, 5.41) is 2.62. The van der Waals surface area contributed by atoms with Crippen LogP contribution in [-0.4, -0.2) is 37.2 Å². The van der Waals surface area contributed by atoms with E-state index in [0.717, 1.165) is 11.0 Å². The van der Waals surface area contributed by atoms with E-state index in [1.165, 1.54) is 34.8 Å². The second-order valence-corrected chi connectivity index (χ2v) is 6.55. The summed E-state index contributed by atoms with van der Waals surface area (Å²) in [7, 11) is 6.72. The summed E-state index contributed by atoms with van der Waals surface area (Å²) in [5.41, 5.74) is 2.44. The van der Waals surface area contributed by atoms with Crippen molar-refractivity contribution in [2.75, 3.05) is 27.7 Å². The second kappa shape index (κ2) is 7.57. The zero-order valence-corrected chi connectivity index (χ0v) is 16.5. The Labute approximate surface area is 153 Å². The van der Waals surface area contributed by atoms with Crippen LogP contribution < -0.4 is 38.5 Å². The van der Waals surface area contributed by atoms with Crippen LogP contribution in [0.25, 0.3) is 21.8 Å². The number of halogens is 2. The van der Waals surface area contributed by atoms with Crippen LogP contribution >= 0.6 is 0 Å². The molecule has 5 heteroatoms. The Morgan fingerprint density at radius 2 is 1.64 bits per heavy atom. The molecule has 0 bridgehead atoms. The third-order valence-electron chi connectivity index (χ3n) is 3.75. The molecular formula is C17H23Br2N3. The number of benzene rings is 1. The fraction of sp³-hybridized carbons (Fsp3) is 0.353. The van der Waals surface area contributed by atoms with Crippen molar-refractivity contribution in [3.05, 3.63) is 42.7 Å². The van der Waals surface area contributed by atoms with Crippen molar-refractivity contribution in [1.82, 2.24) is 4.98 Å². The Balaban J connectivity index is 0.00000121. The number of aryl methyl sites for hydroxylation is 1. The number of quaternary nitrogens is 1. The molecule has 2 heterocycles. The van der Waals surface area contributed by atoms with Gasteiger partial charge in [0.2, 0.25) is 0 Å². The fourth-order valence-electron chi connectivity index (χ4n) is 2.71. The number of H-pyrrole nitrogens is 1. The molecule has 0 radical (unpaired) electrons. The van der Waals surface area contributed by atoms with Gasteiger partial charge in [-0.25, -0.2) is 4.57 Å². The highest BCUT2D eigenvalue weighted by Crippen LogP contribution is 2.23. The normalized spacial score (nSPS) is 11.2. The number of nitrogens with one attached hydrogen (secondary N) is 1. The lowest BCUT2D eigenvalue weighted by Gasteiger charge is -2.22. The van der Waals surface area contributed by atoms with E-state index in [1.807, 2.05) is 0 Å². The van der Waals surface area contributed by atoms with Gasteiger partial charge in [0.15, 0.2) is 18.9 Å². The van der Waals surface area contributed by atoms with Crippen LogP contribution in [0.2, 0.25) is 0 Å². The molecule has 0 saturated carbocycles. The number of pyridine rings is 1. The van der Waals surface area contributed by atoms with Gasteiger partial charge in [-0.05, 0) is 6.07 Å². The zero-order chi connectivity index (χ0) is 14.2. The van der Waals surface area contributed by atoms with E-state index >= 15 is 0 Å². The van der Waals surface area contributed by atoms with E-state index in [4.69, 9.17) is 0 Å². The molecular weight excluding hydrogens is 406 g/mol. The van der Waals surface area contributed by atoms with Gasteiger partial charge in [0.1, 0.15) is 5.52 Å². The summed E-state index contributed by atoms with van der Waals surface area (Å²) in [6, 6.07) is 10.7. The predicted molar refractivity (Wildman–Crippen MR) is 83.5 cm³/mol. The lowest BCUT2D eigenvalue weighted by Crippen LogP contribution is -3.00. The maximum atomic E-state index is 3.50. The number of nitrogens with zero attached hydrogens (tertiary/aromatic N) is 2. The molecule has 0 spiro atoms. The highest BCUT2D eigenvalue weighted by atomic mass is 79.9. The lowest BCUT2D eigenvalue weighted by atomic mass is 10.2. The molecule has 22 heavy (non-hydrogen) atoms. The van der Waals surface area contributed by atoms with Gasteiger partial charge in [-0.15, -0.1) is 0 Å². The molecule has 2 aromatic heterocycles. The van der Waals surface area contributed by atoms with Gasteiger partial charge in [0.05, 0.1) is 34.1 Å². The number of aromatic nitrogens is 2. The molecule has 1 aromatic carbocycles. The molecule has 0 amide bonds. The van der Waals surface area contributed by atoms with Crippen molar-refractivity contribution in [3.8, 4) is 0 Å². The van der Waals surface area contributed by atoms with E-state index in [1.54, 1.807) is 0 Å². The molecule has 0 atom stereocenters. The Morgan fingerprint density at radius 3 is 2.36 bits per heavy atom. The minimum Gasteiger partial charge on any atom is -1.00 e. The summed E-state index contributed by atoms with van der Waals surface area (Å²) < 4.78 is 3.31. The van der Waals surface area contributed by atoms with Crippen molar-refractivity contribution < 1.29 is 43.0 Å². The van der Waals surface area contributed by atoms with Crippen LogP contribution in [0.5, 0.6) is 0 Å². The van der Waals surface area contributed by atoms with Crippen LogP contribution in [-0.2, 0) is 6.54 Å². The van der Waals surface area contributed by atoms with Crippen LogP contribution in [0.1, 0.15) is 6.42 Å². The SMILES string of the molecule is C[N+](C)(C)CCC[n+]1ccc2c(c1)[nH]c1ccccc12.[Br-].[Br-]. The maximum absolute atomic E-state index is 3.50. The molecule has 3 nitrogen and oxygen atoms in total. The van der Waals surface area contributed by atoms with Gasteiger partial charge in [-0.1, -0.05) is 18.2 Å². The predicted octanol–water partition coefficient (Wildman–Crippen LogP) is -3.29. The van der Waals surface area contributed by atoms with Crippen LogP contribution in [0.3, 0.4) is 0 Å². The van der Waals surface area contributed by atoms with Crippen molar-refractivity contribution in [3.63, 3.8) is 0 Å². The highest BCUT2D eigenvalue weighted by molar-refractivity contribution is 6.06. The molecule has 0 fully saturated rings.